The highest BCUT2D eigenvalue weighted by Gasteiger charge is 2.34. The van der Waals surface area contributed by atoms with Gasteiger partial charge in [-0.3, -0.25) is 9.59 Å². The maximum atomic E-state index is 12.5. The smallest absolute Gasteiger partial charge is 0.264 e. The van der Waals surface area contributed by atoms with Gasteiger partial charge in [0.1, 0.15) is 17.3 Å². The second-order valence-electron chi connectivity index (χ2n) is 6.45. The highest BCUT2D eigenvalue weighted by Crippen LogP contribution is 2.43. The highest BCUT2D eigenvalue weighted by atomic mass is 16.5. The Kier molecular flexibility index (Phi) is 4.34. The van der Waals surface area contributed by atoms with Crippen LogP contribution in [0, 0.1) is 6.92 Å². The van der Waals surface area contributed by atoms with Gasteiger partial charge in [0.25, 0.3) is 5.56 Å². The number of carbonyl (C=O) groups is 1. The lowest BCUT2D eigenvalue weighted by Crippen LogP contribution is -2.25. The maximum absolute atomic E-state index is 12.5. The molecule has 144 valence electrons. The topological polar surface area (TPSA) is 111 Å². The van der Waals surface area contributed by atoms with Crippen molar-refractivity contribution in [1.82, 2.24) is 20.0 Å². The summed E-state index contributed by atoms with van der Waals surface area (Å²) in [5.41, 5.74) is 2.20. The molecule has 1 aromatic carbocycles. The number of anilines is 1. The Bertz CT molecular complexity index is 1100. The van der Waals surface area contributed by atoms with Gasteiger partial charge < -0.3 is 14.8 Å². The summed E-state index contributed by atoms with van der Waals surface area (Å²) in [6, 6.07) is 8.45. The third kappa shape index (κ3) is 2.90. The number of aromatic nitrogens is 4. The van der Waals surface area contributed by atoms with E-state index in [9.17, 15) is 9.59 Å². The number of hydrogen-bond acceptors (Lipinski definition) is 6. The number of nitrogens with zero attached hydrogens (tertiary/aromatic N) is 3. The molecule has 2 N–H and O–H groups in total. The summed E-state index contributed by atoms with van der Waals surface area (Å²) in [4.78, 5) is 23.8. The van der Waals surface area contributed by atoms with Crippen LogP contribution >= 0.6 is 0 Å². The van der Waals surface area contributed by atoms with Crippen molar-refractivity contribution in [2.75, 3.05) is 19.5 Å². The molecule has 0 fully saturated rings. The fourth-order valence-electron chi connectivity index (χ4n) is 3.54. The molecular formula is C19H19N5O4. The van der Waals surface area contributed by atoms with E-state index in [1.165, 1.54) is 10.7 Å². The minimum absolute atomic E-state index is 0.138. The van der Waals surface area contributed by atoms with E-state index >= 15 is 0 Å². The number of H-pyrrole nitrogens is 1. The Hall–Kier alpha value is -3.62. The Morgan fingerprint density at radius 3 is 2.64 bits per heavy atom. The number of aromatic amines is 1. The van der Waals surface area contributed by atoms with E-state index in [0.29, 0.717) is 23.1 Å². The molecule has 28 heavy (non-hydrogen) atoms. The zero-order valence-electron chi connectivity index (χ0n) is 15.6. The molecule has 3 aromatic rings. The first-order valence-electron chi connectivity index (χ1n) is 8.69. The van der Waals surface area contributed by atoms with E-state index in [2.05, 4.69) is 20.6 Å². The molecular weight excluding hydrogens is 362 g/mol. The minimum atomic E-state index is -0.314. The van der Waals surface area contributed by atoms with Crippen molar-refractivity contribution in [2.24, 2.45) is 0 Å². The lowest BCUT2D eigenvalue weighted by molar-refractivity contribution is -0.116. The van der Waals surface area contributed by atoms with Crippen LogP contribution in [-0.2, 0) is 4.79 Å². The zero-order chi connectivity index (χ0) is 19.8. The molecule has 0 saturated carbocycles. The van der Waals surface area contributed by atoms with E-state index in [-0.39, 0.29) is 23.8 Å². The summed E-state index contributed by atoms with van der Waals surface area (Å²) in [5, 5.41) is 13.8. The average molecular weight is 381 g/mol. The van der Waals surface area contributed by atoms with E-state index < -0.39 is 0 Å². The number of carbonyl (C=O) groups excluding carboxylic acids is 1. The molecule has 1 amide bonds. The van der Waals surface area contributed by atoms with Gasteiger partial charge in [0.15, 0.2) is 5.82 Å². The molecule has 1 unspecified atom stereocenters. The Balaban J connectivity index is 1.88. The summed E-state index contributed by atoms with van der Waals surface area (Å²) in [5.74, 6) is 1.88. The number of rotatable bonds is 4. The summed E-state index contributed by atoms with van der Waals surface area (Å²) in [6.07, 6.45) is 0.265. The first-order chi connectivity index (χ1) is 13.5. The number of ether oxygens (including phenoxy) is 2. The maximum Gasteiger partial charge on any atom is 0.264 e. The molecule has 1 aliphatic heterocycles. The van der Waals surface area contributed by atoms with Crippen molar-refractivity contribution in [3.63, 3.8) is 0 Å². The number of nitrogens with one attached hydrogen (secondary N) is 2. The molecule has 0 spiro atoms. The number of methoxy groups -OCH3 is 2. The molecule has 9 heteroatoms. The molecule has 4 rings (SSSR count). The fraction of sp³-hybridized carbons (Fsp3) is 0.263. The van der Waals surface area contributed by atoms with Gasteiger partial charge >= 0.3 is 0 Å². The van der Waals surface area contributed by atoms with E-state index in [4.69, 9.17) is 9.47 Å². The lowest BCUT2D eigenvalue weighted by Gasteiger charge is -2.25. The number of benzene rings is 1. The van der Waals surface area contributed by atoms with Gasteiger partial charge in [-0.05, 0) is 19.1 Å². The van der Waals surface area contributed by atoms with Crippen LogP contribution in [0.25, 0.3) is 5.82 Å². The Morgan fingerprint density at radius 2 is 1.96 bits per heavy atom. The predicted molar refractivity (Wildman–Crippen MR) is 101 cm³/mol. The summed E-state index contributed by atoms with van der Waals surface area (Å²) in [6.45, 7) is 1.88. The van der Waals surface area contributed by atoms with Crippen molar-refractivity contribution in [3.8, 4) is 17.3 Å². The summed E-state index contributed by atoms with van der Waals surface area (Å²) in [7, 11) is 3.18. The van der Waals surface area contributed by atoms with Crippen molar-refractivity contribution < 1.29 is 14.3 Å². The first kappa shape index (κ1) is 17.8. The minimum Gasteiger partial charge on any atom is -0.497 e. The summed E-state index contributed by atoms with van der Waals surface area (Å²) < 4.78 is 12.3. The van der Waals surface area contributed by atoms with Crippen LogP contribution < -0.4 is 20.3 Å². The van der Waals surface area contributed by atoms with E-state index in [1.54, 1.807) is 26.4 Å². The molecule has 3 heterocycles. The Labute approximate surface area is 160 Å². The quantitative estimate of drug-likeness (QED) is 0.712. The number of amides is 1. The molecule has 0 saturated heterocycles. The molecule has 1 aliphatic rings. The summed E-state index contributed by atoms with van der Waals surface area (Å²) >= 11 is 0. The van der Waals surface area contributed by atoms with Crippen molar-refractivity contribution >= 4 is 11.7 Å². The standard InChI is InChI=1S/C19H19N5O4/c1-10-18-13(12-5-4-11(27-2)8-14(12)28-3)9-17(26)20-19(18)24(23-10)15-6-7-16(25)22-21-15/h4-8,13H,9H2,1-3H3,(H,20,26)(H,22,25). The van der Waals surface area contributed by atoms with Crippen molar-refractivity contribution in [2.45, 2.75) is 19.3 Å². The van der Waals surface area contributed by atoms with Crippen LogP contribution in [0.3, 0.4) is 0 Å². The molecule has 2 aromatic heterocycles. The van der Waals surface area contributed by atoms with Crippen LogP contribution in [0.1, 0.15) is 29.2 Å². The van der Waals surface area contributed by atoms with Crippen LogP contribution in [0.15, 0.2) is 35.1 Å². The number of fused-ring (bicyclic) bond motifs is 1. The normalized spacial score (nSPS) is 15.7. The van der Waals surface area contributed by atoms with Crippen LogP contribution in [0.2, 0.25) is 0 Å². The highest BCUT2D eigenvalue weighted by molar-refractivity contribution is 5.95. The second-order valence-corrected chi connectivity index (χ2v) is 6.45. The average Bonchev–Trinajstić information content (AvgIpc) is 3.03. The van der Waals surface area contributed by atoms with Gasteiger partial charge in [0, 0.05) is 35.6 Å². The number of hydrogen-bond donors (Lipinski definition) is 2. The third-order valence-electron chi connectivity index (χ3n) is 4.80. The van der Waals surface area contributed by atoms with Crippen LogP contribution in [0.5, 0.6) is 11.5 Å². The van der Waals surface area contributed by atoms with Gasteiger partial charge in [-0.15, -0.1) is 0 Å². The van der Waals surface area contributed by atoms with Crippen molar-refractivity contribution in [3.05, 3.63) is 57.5 Å². The van der Waals surface area contributed by atoms with Crippen molar-refractivity contribution in [1.29, 1.82) is 0 Å². The molecule has 1 atom stereocenters. The van der Waals surface area contributed by atoms with Gasteiger partial charge in [0.2, 0.25) is 5.91 Å². The van der Waals surface area contributed by atoms with Gasteiger partial charge in [0.05, 0.1) is 19.9 Å². The van der Waals surface area contributed by atoms with Crippen LogP contribution in [-0.4, -0.2) is 40.1 Å². The first-order valence-corrected chi connectivity index (χ1v) is 8.69. The molecule has 0 radical (unpaired) electrons. The molecule has 9 nitrogen and oxygen atoms in total. The van der Waals surface area contributed by atoms with Crippen LogP contribution in [0.4, 0.5) is 5.82 Å². The third-order valence-corrected chi connectivity index (χ3v) is 4.80. The Morgan fingerprint density at radius 1 is 1.14 bits per heavy atom. The van der Waals surface area contributed by atoms with Gasteiger partial charge in [-0.2, -0.15) is 14.9 Å². The fourth-order valence-corrected chi connectivity index (χ4v) is 3.54. The zero-order valence-corrected chi connectivity index (χ0v) is 15.6. The van der Waals surface area contributed by atoms with Gasteiger partial charge in [-0.1, -0.05) is 6.07 Å². The number of aryl methyl sites for hydroxylation is 1. The molecule has 0 bridgehead atoms. The van der Waals surface area contributed by atoms with E-state index in [1.807, 2.05) is 19.1 Å². The van der Waals surface area contributed by atoms with Gasteiger partial charge in [-0.25, -0.2) is 5.10 Å². The van der Waals surface area contributed by atoms with E-state index in [0.717, 1.165) is 16.8 Å². The monoisotopic (exact) mass is 381 g/mol. The largest absolute Gasteiger partial charge is 0.497 e. The predicted octanol–water partition coefficient (Wildman–Crippen LogP) is 1.76. The molecule has 0 aliphatic carbocycles. The lowest BCUT2D eigenvalue weighted by atomic mass is 9.85. The SMILES string of the molecule is COc1ccc(C2CC(=O)Nc3c2c(C)nn3-c2ccc(=O)[nH]n2)c(OC)c1. The second kappa shape index (κ2) is 6.84.